The van der Waals surface area contributed by atoms with Gasteiger partial charge in [-0.15, -0.1) is 0 Å². The van der Waals surface area contributed by atoms with Gasteiger partial charge in [0, 0.05) is 16.5 Å². The highest BCUT2D eigenvalue weighted by Crippen LogP contribution is 2.29. The third-order valence-corrected chi connectivity index (χ3v) is 3.35. The number of nitrogens with one attached hydrogen (secondary N) is 2. The molecule has 4 N–H and O–H groups in total. The molecule has 0 unspecified atom stereocenters. The Bertz CT molecular complexity index is 655. The summed E-state index contributed by atoms with van der Waals surface area (Å²) in [6.07, 6.45) is 0.564. The summed E-state index contributed by atoms with van der Waals surface area (Å²) < 4.78 is 28.1. The number of rotatable bonds is 4. The highest BCUT2D eigenvalue weighted by molar-refractivity contribution is 9.10. The Morgan fingerprint density at radius 3 is 2.29 bits per heavy atom. The Labute approximate surface area is 129 Å². The van der Waals surface area contributed by atoms with Gasteiger partial charge in [-0.25, -0.2) is 24.6 Å². The number of hydrogen-bond acceptors (Lipinski definition) is 5. The van der Waals surface area contributed by atoms with E-state index in [4.69, 9.17) is 5.84 Å². The zero-order valence-electron chi connectivity index (χ0n) is 11.5. The van der Waals surface area contributed by atoms with Crippen LogP contribution in [0.15, 0.2) is 16.6 Å². The highest BCUT2D eigenvalue weighted by Gasteiger charge is 2.15. The summed E-state index contributed by atoms with van der Waals surface area (Å²) in [6, 6.07) is 2.34. The SMILES string of the molecule is CCc1nc(NN)c(C)c(Nc2c(F)cc(Br)cc2F)n1. The van der Waals surface area contributed by atoms with Crippen molar-refractivity contribution in [2.45, 2.75) is 20.3 Å². The van der Waals surface area contributed by atoms with Gasteiger partial charge in [0.1, 0.15) is 23.1 Å². The van der Waals surface area contributed by atoms with Gasteiger partial charge < -0.3 is 10.7 Å². The fourth-order valence-corrected chi connectivity index (χ4v) is 2.17. The van der Waals surface area contributed by atoms with Crippen molar-refractivity contribution in [3.05, 3.63) is 39.6 Å². The van der Waals surface area contributed by atoms with Crippen LogP contribution in [0.1, 0.15) is 18.3 Å². The first-order valence-corrected chi connectivity index (χ1v) is 7.01. The molecule has 0 aliphatic heterocycles. The van der Waals surface area contributed by atoms with Crippen LogP contribution in [-0.4, -0.2) is 9.97 Å². The van der Waals surface area contributed by atoms with Crippen molar-refractivity contribution >= 4 is 33.3 Å². The number of benzene rings is 1. The molecule has 0 saturated heterocycles. The number of anilines is 3. The molecule has 21 heavy (non-hydrogen) atoms. The van der Waals surface area contributed by atoms with Crippen molar-refractivity contribution in [3.8, 4) is 0 Å². The van der Waals surface area contributed by atoms with Crippen molar-refractivity contribution in [2.24, 2.45) is 5.84 Å². The first kappa shape index (κ1) is 15.6. The van der Waals surface area contributed by atoms with Crippen LogP contribution >= 0.6 is 15.9 Å². The van der Waals surface area contributed by atoms with Crippen LogP contribution in [0, 0.1) is 18.6 Å². The van der Waals surface area contributed by atoms with Gasteiger partial charge in [0.2, 0.25) is 0 Å². The minimum absolute atomic E-state index is 0.273. The van der Waals surface area contributed by atoms with Crippen molar-refractivity contribution in [3.63, 3.8) is 0 Å². The molecule has 0 saturated carbocycles. The summed E-state index contributed by atoms with van der Waals surface area (Å²) in [4.78, 5) is 8.42. The van der Waals surface area contributed by atoms with Gasteiger partial charge in [-0.2, -0.15) is 0 Å². The maximum Gasteiger partial charge on any atom is 0.150 e. The molecule has 1 aromatic carbocycles. The number of aryl methyl sites for hydroxylation is 1. The Balaban J connectivity index is 2.49. The molecule has 5 nitrogen and oxygen atoms in total. The largest absolute Gasteiger partial charge is 0.335 e. The Morgan fingerprint density at radius 1 is 1.19 bits per heavy atom. The lowest BCUT2D eigenvalue weighted by atomic mass is 10.2. The van der Waals surface area contributed by atoms with E-state index < -0.39 is 11.6 Å². The predicted molar refractivity (Wildman–Crippen MR) is 81.3 cm³/mol. The summed E-state index contributed by atoms with van der Waals surface area (Å²) in [6.45, 7) is 3.57. The van der Waals surface area contributed by atoms with Crippen LogP contribution in [0.3, 0.4) is 0 Å². The number of nitrogens with two attached hydrogens (primary N) is 1. The zero-order valence-corrected chi connectivity index (χ0v) is 13.1. The van der Waals surface area contributed by atoms with Crippen molar-refractivity contribution in [1.29, 1.82) is 0 Å². The molecule has 0 aliphatic rings. The number of halogens is 3. The number of hydrogen-bond donors (Lipinski definition) is 3. The molecule has 0 spiro atoms. The van der Waals surface area contributed by atoms with Gasteiger partial charge in [0.15, 0.2) is 11.6 Å². The second kappa shape index (κ2) is 6.31. The molecule has 1 aromatic heterocycles. The average molecular weight is 358 g/mol. The number of nitrogens with zero attached hydrogens (tertiary/aromatic N) is 2. The lowest BCUT2D eigenvalue weighted by molar-refractivity contribution is 0.589. The molecule has 0 fully saturated rings. The second-order valence-electron chi connectivity index (χ2n) is 4.33. The number of hydrazine groups is 1. The van der Waals surface area contributed by atoms with E-state index >= 15 is 0 Å². The molecule has 0 aliphatic carbocycles. The summed E-state index contributed by atoms with van der Waals surface area (Å²) in [5.74, 6) is 5.16. The minimum Gasteiger partial charge on any atom is -0.335 e. The smallest absolute Gasteiger partial charge is 0.150 e. The van der Waals surface area contributed by atoms with Gasteiger partial charge in [-0.3, -0.25) is 0 Å². The van der Waals surface area contributed by atoms with E-state index in [-0.39, 0.29) is 5.69 Å². The van der Waals surface area contributed by atoms with Crippen LogP contribution < -0.4 is 16.6 Å². The minimum atomic E-state index is -0.722. The molecule has 112 valence electrons. The third kappa shape index (κ3) is 3.27. The van der Waals surface area contributed by atoms with E-state index in [9.17, 15) is 8.78 Å². The van der Waals surface area contributed by atoms with Crippen LogP contribution in [0.2, 0.25) is 0 Å². The highest BCUT2D eigenvalue weighted by atomic mass is 79.9. The van der Waals surface area contributed by atoms with E-state index in [0.29, 0.717) is 33.9 Å². The molecular weight excluding hydrogens is 344 g/mol. The Kier molecular flexibility index (Phi) is 4.69. The van der Waals surface area contributed by atoms with E-state index in [0.717, 1.165) is 0 Å². The zero-order chi connectivity index (χ0) is 15.6. The van der Waals surface area contributed by atoms with E-state index in [1.54, 1.807) is 6.92 Å². The summed E-state index contributed by atoms with van der Waals surface area (Å²) in [5, 5.41) is 2.67. The Hall–Kier alpha value is -1.80. The summed E-state index contributed by atoms with van der Waals surface area (Å²) in [7, 11) is 0. The van der Waals surface area contributed by atoms with Gasteiger partial charge in [-0.05, 0) is 19.1 Å². The third-order valence-electron chi connectivity index (χ3n) is 2.90. The summed E-state index contributed by atoms with van der Waals surface area (Å²) in [5.41, 5.74) is 2.74. The molecule has 0 bridgehead atoms. The van der Waals surface area contributed by atoms with Gasteiger partial charge >= 0.3 is 0 Å². The number of aromatic nitrogens is 2. The normalized spacial score (nSPS) is 10.6. The van der Waals surface area contributed by atoms with Gasteiger partial charge in [-0.1, -0.05) is 22.9 Å². The lowest BCUT2D eigenvalue weighted by Gasteiger charge is -2.14. The quantitative estimate of drug-likeness (QED) is 0.577. The predicted octanol–water partition coefficient (Wildman–Crippen LogP) is 3.42. The topological polar surface area (TPSA) is 75.9 Å². The average Bonchev–Trinajstić information content (AvgIpc) is 2.44. The first-order chi connectivity index (χ1) is 9.96. The lowest BCUT2D eigenvalue weighted by Crippen LogP contribution is -2.14. The molecule has 8 heteroatoms. The van der Waals surface area contributed by atoms with E-state index in [1.807, 2.05) is 6.92 Å². The maximum absolute atomic E-state index is 13.9. The molecule has 2 aromatic rings. The first-order valence-electron chi connectivity index (χ1n) is 6.22. The molecule has 0 amide bonds. The monoisotopic (exact) mass is 357 g/mol. The summed E-state index contributed by atoms with van der Waals surface area (Å²) >= 11 is 3.03. The molecule has 1 heterocycles. The van der Waals surface area contributed by atoms with Crippen molar-refractivity contribution in [2.75, 3.05) is 10.7 Å². The fraction of sp³-hybridized carbons (Fsp3) is 0.231. The van der Waals surface area contributed by atoms with Crippen molar-refractivity contribution in [1.82, 2.24) is 9.97 Å². The Morgan fingerprint density at radius 2 is 1.76 bits per heavy atom. The standard InChI is InChI=1S/C13H14BrF2N5/c1-3-10-18-12(6(2)13(19-10)21-17)20-11-8(15)4-7(14)5-9(11)16/h4-5H,3,17H2,1-2H3,(H2,18,19,20,21). The van der Waals surface area contributed by atoms with E-state index in [1.165, 1.54) is 12.1 Å². The molecule has 0 atom stereocenters. The van der Waals surface area contributed by atoms with Crippen LogP contribution in [-0.2, 0) is 6.42 Å². The molecule has 0 radical (unpaired) electrons. The maximum atomic E-state index is 13.9. The molecule has 2 rings (SSSR count). The van der Waals surface area contributed by atoms with Crippen LogP contribution in [0.25, 0.3) is 0 Å². The van der Waals surface area contributed by atoms with E-state index in [2.05, 4.69) is 36.6 Å². The van der Waals surface area contributed by atoms with Crippen molar-refractivity contribution < 1.29 is 8.78 Å². The van der Waals surface area contributed by atoms with Crippen LogP contribution in [0.4, 0.5) is 26.1 Å². The van der Waals surface area contributed by atoms with Gasteiger partial charge in [0.05, 0.1) is 0 Å². The fourth-order valence-electron chi connectivity index (χ4n) is 1.76. The van der Waals surface area contributed by atoms with Crippen LogP contribution in [0.5, 0.6) is 0 Å². The number of nitrogen functional groups attached to an aromatic ring is 1. The van der Waals surface area contributed by atoms with Gasteiger partial charge in [0.25, 0.3) is 0 Å². The molecular formula is C13H14BrF2N5. The second-order valence-corrected chi connectivity index (χ2v) is 5.25.